The topological polar surface area (TPSA) is 59.5 Å². The maximum atomic E-state index is 5.87. The standard InChI is InChI=1S/C14H20N4O2/c1-2-12-11(7-10(1)20-12)17-13-8-14(16-9-15-13)18-3-5-19-6-4-18/h8-12H,1-7H2,(H,15,16,17)/t10?,11-,12?/m0/s1. The van der Waals surface area contributed by atoms with Gasteiger partial charge in [0.15, 0.2) is 0 Å². The van der Waals surface area contributed by atoms with Crippen molar-refractivity contribution in [2.24, 2.45) is 0 Å². The lowest BCUT2D eigenvalue weighted by atomic mass is 9.95. The molecule has 3 atom stereocenters. The molecule has 3 fully saturated rings. The molecule has 20 heavy (non-hydrogen) atoms. The zero-order valence-electron chi connectivity index (χ0n) is 11.5. The number of fused-ring (bicyclic) bond motifs is 2. The van der Waals surface area contributed by atoms with Crippen LogP contribution in [-0.4, -0.2) is 54.5 Å². The van der Waals surface area contributed by atoms with Crippen LogP contribution in [0, 0.1) is 0 Å². The quantitative estimate of drug-likeness (QED) is 0.890. The van der Waals surface area contributed by atoms with E-state index in [1.165, 1.54) is 12.8 Å². The Bertz CT molecular complexity index is 478. The van der Waals surface area contributed by atoms with E-state index in [0.717, 1.165) is 44.4 Å². The molecule has 0 spiro atoms. The van der Waals surface area contributed by atoms with E-state index in [1.807, 2.05) is 6.07 Å². The van der Waals surface area contributed by atoms with Crippen molar-refractivity contribution in [1.29, 1.82) is 0 Å². The number of ether oxygens (including phenoxy) is 2. The van der Waals surface area contributed by atoms with Gasteiger partial charge in [0.2, 0.25) is 0 Å². The lowest BCUT2D eigenvalue weighted by molar-refractivity contribution is 0.102. The third-order valence-electron chi connectivity index (χ3n) is 4.43. The molecule has 6 heteroatoms. The Hall–Kier alpha value is -1.40. The Kier molecular flexibility index (Phi) is 3.20. The molecule has 3 saturated heterocycles. The van der Waals surface area contributed by atoms with Gasteiger partial charge in [-0.3, -0.25) is 0 Å². The molecular formula is C14H20N4O2. The summed E-state index contributed by atoms with van der Waals surface area (Å²) in [7, 11) is 0. The predicted molar refractivity (Wildman–Crippen MR) is 75.0 cm³/mol. The third kappa shape index (κ3) is 2.33. The minimum Gasteiger partial charge on any atom is -0.378 e. The molecule has 1 aromatic rings. The minimum absolute atomic E-state index is 0.363. The summed E-state index contributed by atoms with van der Waals surface area (Å²) < 4.78 is 11.2. The molecule has 4 rings (SSSR count). The minimum atomic E-state index is 0.363. The van der Waals surface area contributed by atoms with Crippen LogP contribution in [0.15, 0.2) is 12.4 Å². The van der Waals surface area contributed by atoms with Crippen LogP contribution in [0.3, 0.4) is 0 Å². The number of hydrogen-bond donors (Lipinski definition) is 1. The summed E-state index contributed by atoms with van der Waals surface area (Å²) in [6.45, 7) is 3.33. The van der Waals surface area contributed by atoms with Crippen molar-refractivity contribution in [2.75, 3.05) is 36.5 Å². The van der Waals surface area contributed by atoms with Crippen LogP contribution in [0.4, 0.5) is 11.6 Å². The van der Waals surface area contributed by atoms with Gasteiger partial charge >= 0.3 is 0 Å². The fourth-order valence-corrected chi connectivity index (χ4v) is 3.37. The van der Waals surface area contributed by atoms with E-state index in [9.17, 15) is 0 Å². The maximum Gasteiger partial charge on any atom is 0.134 e. The van der Waals surface area contributed by atoms with Gasteiger partial charge in [-0.2, -0.15) is 0 Å². The van der Waals surface area contributed by atoms with Crippen LogP contribution in [0.5, 0.6) is 0 Å². The zero-order chi connectivity index (χ0) is 13.4. The number of nitrogens with zero attached hydrogens (tertiary/aromatic N) is 3. The fourth-order valence-electron chi connectivity index (χ4n) is 3.37. The Morgan fingerprint density at radius 1 is 1.20 bits per heavy atom. The molecule has 0 radical (unpaired) electrons. The second kappa shape index (κ2) is 5.18. The highest BCUT2D eigenvalue weighted by molar-refractivity contribution is 5.49. The van der Waals surface area contributed by atoms with Crippen LogP contribution in [-0.2, 0) is 9.47 Å². The smallest absolute Gasteiger partial charge is 0.134 e. The highest BCUT2D eigenvalue weighted by Gasteiger charge is 2.40. The highest BCUT2D eigenvalue weighted by atomic mass is 16.5. The number of hydrogen-bond acceptors (Lipinski definition) is 6. The van der Waals surface area contributed by atoms with Gasteiger partial charge in [0.05, 0.1) is 31.5 Å². The Morgan fingerprint density at radius 2 is 2.10 bits per heavy atom. The summed E-state index contributed by atoms with van der Waals surface area (Å²) in [5, 5.41) is 3.52. The number of anilines is 2. The first-order chi connectivity index (χ1) is 9.88. The summed E-state index contributed by atoms with van der Waals surface area (Å²) in [4.78, 5) is 11.0. The van der Waals surface area contributed by atoms with Gasteiger partial charge in [0, 0.05) is 19.2 Å². The third-order valence-corrected chi connectivity index (χ3v) is 4.43. The molecule has 2 unspecified atom stereocenters. The van der Waals surface area contributed by atoms with E-state index in [-0.39, 0.29) is 0 Å². The fraction of sp³-hybridized carbons (Fsp3) is 0.714. The molecule has 6 nitrogen and oxygen atoms in total. The molecule has 0 aromatic carbocycles. The van der Waals surface area contributed by atoms with E-state index in [0.29, 0.717) is 18.2 Å². The van der Waals surface area contributed by atoms with Crippen molar-refractivity contribution in [3.8, 4) is 0 Å². The average molecular weight is 276 g/mol. The predicted octanol–water partition coefficient (Wildman–Crippen LogP) is 1.04. The number of nitrogens with one attached hydrogen (secondary N) is 1. The average Bonchev–Trinajstić information content (AvgIpc) is 3.11. The molecule has 1 aromatic heterocycles. The van der Waals surface area contributed by atoms with Gasteiger partial charge in [-0.05, 0) is 19.3 Å². The normalized spacial score (nSPS) is 32.6. The SMILES string of the molecule is c1nc(N[C@H]2CC3CCC2O3)cc(N2CCOCC2)n1. The van der Waals surface area contributed by atoms with E-state index in [4.69, 9.17) is 9.47 Å². The van der Waals surface area contributed by atoms with Crippen molar-refractivity contribution in [3.05, 3.63) is 12.4 Å². The lowest BCUT2D eigenvalue weighted by Crippen LogP contribution is -2.37. The van der Waals surface area contributed by atoms with Crippen LogP contribution in [0.1, 0.15) is 19.3 Å². The van der Waals surface area contributed by atoms with Gasteiger partial charge in [-0.1, -0.05) is 0 Å². The van der Waals surface area contributed by atoms with Crippen molar-refractivity contribution in [2.45, 2.75) is 37.5 Å². The van der Waals surface area contributed by atoms with Gasteiger partial charge < -0.3 is 19.7 Å². The number of rotatable bonds is 3. The second-order valence-electron chi connectivity index (χ2n) is 5.72. The number of aromatic nitrogens is 2. The summed E-state index contributed by atoms with van der Waals surface area (Å²) in [6.07, 6.45) is 5.94. The molecule has 1 N–H and O–H groups in total. The van der Waals surface area contributed by atoms with Crippen LogP contribution < -0.4 is 10.2 Å². The van der Waals surface area contributed by atoms with E-state index < -0.39 is 0 Å². The monoisotopic (exact) mass is 276 g/mol. The van der Waals surface area contributed by atoms with E-state index in [1.54, 1.807) is 6.33 Å². The van der Waals surface area contributed by atoms with E-state index >= 15 is 0 Å². The zero-order valence-corrected chi connectivity index (χ0v) is 11.5. The van der Waals surface area contributed by atoms with Crippen molar-refractivity contribution >= 4 is 11.6 Å². The molecule has 3 aliphatic heterocycles. The first kappa shape index (κ1) is 12.3. The summed E-state index contributed by atoms with van der Waals surface area (Å²) in [5.41, 5.74) is 0. The molecule has 0 amide bonds. The first-order valence-electron chi connectivity index (χ1n) is 7.45. The molecule has 0 saturated carbocycles. The summed E-state index contributed by atoms with van der Waals surface area (Å²) in [5.74, 6) is 1.89. The Labute approximate surface area is 118 Å². The number of morpholine rings is 1. The molecule has 108 valence electrons. The largest absolute Gasteiger partial charge is 0.378 e. The van der Waals surface area contributed by atoms with Crippen molar-refractivity contribution < 1.29 is 9.47 Å². The second-order valence-corrected chi connectivity index (χ2v) is 5.72. The maximum absolute atomic E-state index is 5.87. The van der Waals surface area contributed by atoms with Gasteiger partial charge in [-0.15, -0.1) is 0 Å². The molecule has 3 aliphatic rings. The lowest BCUT2D eigenvalue weighted by Gasteiger charge is -2.28. The van der Waals surface area contributed by atoms with Gasteiger partial charge in [0.1, 0.15) is 18.0 Å². The van der Waals surface area contributed by atoms with E-state index in [2.05, 4.69) is 20.2 Å². The Balaban J connectivity index is 1.45. The molecular weight excluding hydrogens is 256 g/mol. The molecule has 2 bridgehead atoms. The summed E-state index contributed by atoms with van der Waals surface area (Å²) >= 11 is 0. The van der Waals surface area contributed by atoms with Crippen LogP contribution in [0.25, 0.3) is 0 Å². The Morgan fingerprint density at radius 3 is 2.85 bits per heavy atom. The highest BCUT2D eigenvalue weighted by Crippen LogP contribution is 2.35. The molecule has 4 heterocycles. The molecule has 0 aliphatic carbocycles. The van der Waals surface area contributed by atoms with Crippen molar-refractivity contribution in [1.82, 2.24) is 9.97 Å². The van der Waals surface area contributed by atoms with Gasteiger partial charge in [0.25, 0.3) is 0 Å². The van der Waals surface area contributed by atoms with Crippen LogP contribution in [0.2, 0.25) is 0 Å². The summed E-state index contributed by atoms with van der Waals surface area (Å²) in [6, 6.07) is 2.44. The van der Waals surface area contributed by atoms with Crippen LogP contribution >= 0.6 is 0 Å². The first-order valence-corrected chi connectivity index (χ1v) is 7.45. The van der Waals surface area contributed by atoms with Crippen molar-refractivity contribution in [3.63, 3.8) is 0 Å². The van der Waals surface area contributed by atoms with Gasteiger partial charge in [-0.25, -0.2) is 9.97 Å².